The second-order valence-electron chi connectivity index (χ2n) is 18.3. The summed E-state index contributed by atoms with van der Waals surface area (Å²) in [6, 6.07) is 23.6. The fourth-order valence-electron chi connectivity index (χ4n) is 10.1. The van der Waals surface area contributed by atoms with Gasteiger partial charge in [0.1, 0.15) is 0 Å². The van der Waals surface area contributed by atoms with Crippen molar-refractivity contribution in [1.82, 2.24) is 37.6 Å². The molecule has 0 aliphatic carbocycles. The minimum Gasteiger partial charge on any atom is -0.339 e. The number of likely N-dealkylation sites (tertiary alicyclic amines) is 1. The van der Waals surface area contributed by atoms with Crippen LogP contribution in [-0.4, -0.2) is 125 Å². The van der Waals surface area contributed by atoms with Gasteiger partial charge >= 0.3 is 0 Å². The molecule has 2 aromatic carbocycles. The monoisotopic (exact) mass is 961 g/mol. The molecule has 6 aromatic rings. The van der Waals surface area contributed by atoms with Crippen LogP contribution in [0.3, 0.4) is 0 Å². The van der Waals surface area contributed by atoms with E-state index in [-0.39, 0.29) is 52.5 Å². The molecule has 1 N–H and O–H groups in total. The van der Waals surface area contributed by atoms with Crippen molar-refractivity contribution < 1.29 is 31.2 Å². The third kappa shape index (κ3) is 9.95. The Morgan fingerprint density at radius 3 is 1.78 bits per heavy atom. The number of benzene rings is 2. The van der Waals surface area contributed by atoms with Gasteiger partial charge in [-0.25, -0.2) is 30.2 Å². The molecule has 68 heavy (non-hydrogen) atoms. The van der Waals surface area contributed by atoms with Crippen molar-refractivity contribution in [3.63, 3.8) is 0 Å². The quantitative estimate of drug-likeness (QED) is 0.126. The van der Waals surface area contributed by atoms with Crippen molar-refractivity contribution in [3.8, 4) is 0 Å². The van der Waals surface area contributed by atoms with Gasteiger partial charge < -0.3 is 15.1 Å². The summed E-state index contributed by atoms with van der Waals surface area (Å²) in [4.78, 5) is 44.0. The van der Waals surface area contributed by atoms with E-state index in [1.54, 1.807) is 42.8 Å². The van der Waals surface area contributed by atoms with Crippen molar-refractivity contribution in [2.75, 3.05) is 57.7 Å². The summed E-state index contributed by atoms with van der Waals surface area (Å²) in [5, 5.41) is 11.8. The van der Waals surface area contributed by atoms with Gasteiger partial charge in [0.25, 0.3) is 11.8 Å². The summed E-state index contributed by atoms with van der Waals surface area (Å²) in [7, 11) is -7.19. The number of nitrogens with zero attached hydrogens (tertiary/aromatic N) is 8. The Labute approximate surface area is 398 Å². The molecular weight excluding hydrogens is 903 g/mol. The number of rotatable bonds is 14. The number of carbonyl (C=O) groups is 3. The SMILES string of the molecule is CCN(CC)C(=O)c1cnn2ccc(C3CCN(S(=O)(=O)c4ccc(NC(=O)CC5CCN(C(=O)c6cnn7ccc(C8CCN(S(=O)(=O)Cc9ccccc9)CC8)cc67)CC5)cc4)CC3)cc12. The number of sulfonamides is 2. The molecule has 0 spiro atoms. The molecule has 358 valence electrons. The van der Waals surface area contributed by atoms with Crippen LogP contribution in [0, 0.1) is 5.92 Å². The highest BCUT2D eigenvalue weighted by Gasteiger charge is 2.33. The molecule has 0 atom stereocenters. The molecule has 3 aliphatic heterocycles. The Morgan fingerprint density at radius 1 is 0.662 bits per heavy atom. The van der Waals surface area contributed by atoms with E-state index >= 15 is 0 Å². The third-order valence-corrected chi connectivity index (χ3v) is 18.0. The molecule has 3 saturated heterocycles. The Bertz CT molecular complexity index is 3000. The van der Waals surface area contributed by atoms with Crippen LogP contribution < -0.4 is 5.32 Å². The number of anilines is 1. The molecule has 3 fully saturated rings. The first-order chi connectivity index (χ1) is 32.8. The van der Waals surface area contributed by atoms with E-state index in [2.05, 4.69) is 15.5 Å². The van der Waals surface area contributed by atoms with Crippen molar-refractivity contribution in [2.24, 2.45) is 5.92 Å². The number of pyridine rings is 2. The van der Waals surface area contributed by atoms with Crippen molar-refractivity contribution >= 4 is 54.5 Å². The lowest BCUT2D eigenvalue weighted by molar-refractivity contribution is -0.117. The summed E-state index contributed by atoms with van der Waals surface area (Å²) in [5.74, 6) is 0.0416. The van der Waals surface area contributed by atoms with Gasteiger partial charge in [-0.1, -0.05) is 30.3 Å². The normalized spacial score (nSPS) is 17.5. The van der Waals surface area contributed by atoms with Crippen LogP contribution in [0.25, 0.3) is 11.0 Å². The number of amides is 3. The predicted molar refractivity (Wildman–Crippen MR) is 259 cm³/mol. The average molecular weight is 962 g/mol. The van der Waals surface area contributed by atoms with Crippen molar-refractivity contribution in [3.05, 3.63) is 131 Å². The second kappa shape index (κ2) is 19.9. The zero-order valence-electron chi connectivity index (χ0n) is 38.6. The van der Waals surface area contributed by atoms with Gasteiger partial charge in [-0.2, -0.15) is 14.5 Å². The molecule has 3 amide bonds. The van der Waals surface area contributed by atoms with E-state index in [0.29, 0.717) is 108 Å². The lowest BCUT2D eigenvalue weighted by Gasteiger charge is -2.32. The minimum atomic E-state index is -3.76. The van der Waals surface area contributed by atoms with E-state index in [1.165, 1.54) is 16.4 Å². The van der Waals surface area contributed by atoms with E-state index < -0.39 is 20.0 Å². The molecule has 0 unspecified atom stereocenters. The van der Waals surface area contributed by atoms with E-state index in [1.807, 2.05) is 85.7 Å². The second-order valence-corrected chi connectivity index (χ2v) is 22.2. The zero-order chi connectivity index (χ0) is 47.6. The molecule has 3 aliphatic rings. The molecule has 0 saturated carbocycles. The Kier molecular flexibility index (Phi) is 13.8. The first-order valence-corrected chi connectivity index (χ1v) is 26.8. The van der Waals surface area contributed by atoms with Gasteiger partial charge in [-0.3, -0.25) is 14.4 Å². The summed E-state index contributed by atoms with van der Waals surface area (Å²) in [6.45, 7) is 7.74. The Morgan fingerprint density at radius 2 is 1.21 bits per heavy atom. The summed E-state index contributed by atoms with van der Waals surface area (Å²) in [6.07, 6.45) is 11.2. The molecule has 9 rings (SSSR count). The highest BCUT2D eigenvalue weighted by Crippen LogP contribution is 2.34. The lowest BCUT2D eigenvalue weighted by Crippen LogP contribution is -2.39. The van der Waals surface area contributed by atoms with E-state index in [4.69, 9.17) is 0 Å². The highest BCUT2D eigenvalue weighted by atomic mass is 32.2. The maximum absolute atomic E-state index is 13.9. The van der Waals surface area contributed by atoms with Crippen LogP contribution >= 0.6 is 0 Å². The topological polar surface area (TPSA) is 179 Å². The van der Waals surface area contributed by atoms with Crippen LogP contribution in [0.2, 0.25) is 0 Å². The highest BCUT2D eigenvalue weighted by molar-refractivity contribution is 7.89. The molecule has 0 radical (unpaired) electrons. The smallest absolute Gasteiger partial charge is 0.257 e. The fraction of sp³-hybridized carbons (Fsp3) is 0.420. The Balaban J connectivity index is 0.736. The number of fused-ring (bicyclic) bond motifs is 2. The number of nitrogens with one attached hydrogen (secondary N) is 1. The molecule has 0 bridgehead atoms. The zero-order valence-corrected chi connectivity index (χ0v) is 40.2. The van der Waals surface area contributed by atoms with Crippen LogP contribution in [0.1, 0.15) is 108 Å². The van der Waals surface area contributed by atoms with Gasteiger partial charge in [0.2, 0.25) is 26.0 Å². The fourth-order valence-corrected chi connectivity index (χ4v) is 13.2. The van der Waals surface area contributed by atoms with Gasteiger partial charge in [0.05, 0.1) is 45.2 Å². The van der Waals surface area contributed by atoms with Crippen LogP contribution in [-0.2, 0) is 30.6 Å². The van der Waals surface area contributed by atoms with E-state index in [9.17, 15) is 31.2 Å². The van der Waals surface area contributed by atoms with Crippen LogP contribution in [0.5, 0.6) is 0 Å². The number of aromatic nitrogens is 4. The first-order valence-electron chi connectivity index (χ1n) is 23.8. The van der Waals surface area contributed by atoms with Crippen molar-refractivity contribution in [1.29, 1.82) is 0 Å². The number of hydrogen-bond acceptors (Lipinski definition) is 9. The molecule has 18 heteroatoms. The van der Waals surface area contributed by atoms with Crippen LogP contribution in [0.4, 0.5) is 5.69 Å². The maximum Gasteiger partial charge on any atom is 0.257 e. The average Bonchev–Trinajstić information content (AvgIpc) is 3.99. The van der Waals surface area contributed by atoms with Gasteiger partial charge in [0, 0.05) is 76.9 Å². The molecule has 7 heterocycles. The van der Waals surface area contributed by atoms with Gasteiger partial charge in [-0.15, -0.1) is 0 Å². The third-order valence-electron chi connectivity index (χ3n) is 14.2. The number of piperidine rings is 3. The van der Waals surface area contributed by atoms with Crippen molar-refractivity contribution in [2.45, 2.75) is 81.3 Å². The summed E-state index contributed by atoms with van der Waals surface area (Å²) >= 11 is 0. The predicted octanol–water partition coefficient (Wildman–Crippen LogP) is 6.62. The van der Waals surface area contributed by atoms with E-state index in [0.717, 1.165) is 27.7 Å². The summed E-state index contributed by atoms with van der Waals surface area (Å²) in [5.41, 5.74) is 5.95. The maximum atomic E-state index is 13.9. The number of hydrogen-bond donors (Lipinski definition) is 1. The largest absolute Gasteiger partial charge is 0.339 e. The molecule has 4 aromatic heterocycles. The lowest BCUT2D eigenvalue weighted by atomic mass is 9.90. The first kappa shape index (κ1) is 47.1. The summed E-state index contributed by atoms with van der Waals surface area (Å²) < 4.78 is 60.3. The van der Waals surface area contributed by atoms with Gasteiger partial charge in [-0.05, 0) is 135 Å². The Hall–Kier alpha value is -5.95. The minimum absolute atomic E-state index is 0.0115. The number of carbonyl (C=O) groups excluding carboxylic acids is 3. The van der Waals surface area contributed by atoms with Gasteiger partial charge in [0.15, 0.2) is 0 Å². The molecule has 16 nitrogen and oxygen atoms in total. The molecular formula is C50H59N9O7S2. The standard InChI is InChI=1S/C50H59N9O7S2/c1-3-54(4-2)49(61)44-33-51-58-28-21-41(31-46(44)58)39-18-26-57(27-19-39)68(65,66)43-12-10-42(11-13-43)53-48(60)30-36-14-22-55(23-15-36)50(62)45-34-52-59-29-20-40(32-47(45)59)38-16-24-56(25-17-38)67(63,64)35-37-8-6-5-7-9-37/h5-13,20-21,28-29,31-34,36,38-39H,3-4,14-19,22-27,30,35H2,1-2H3,(H,53,60). The van der Waals surface area contributed by atoms with Crippen LogP contribution in [0.15, 0.2) is 109 Å².